The van der Waals surface area contributed by atoms with Crippen LogP contribution in [-0.2, 0) is 16.1 Å². The third kappa shape index (κ3) is 3.73. The van der Waals surface area contributed by atoms with Crippen LogP contribution in [0.25, 0.3) is 0 Å². The summed E-state index contributed by atoms with van der Waals surface area (Å²) in [6, 6.07) is 4.32. The van der Waals surface area contributed by atoms with Gasteiger partial charge in [0.2, 0.25) is 0 Å². The SMILES string of the molecule is CCCN(Cc1c(F)cccc1Cl)C1COCC1C(=O)O. The standard InChI is InChI=1S/C15H19ClFNO3/c1-2-6-18(14-9-21-8-11(14)15(19)20)7-10-12(16)4-3-5-13(10)17/h3-5,11,14H,2,6-9H2,1H3,(H,19,20). The summed E-state index contributed by atoms with van der Waals surface area (Å²) in [5.41, 5.74) is 0.406. The molecule has 0 saturated carbocycles. The minimum absolute atomic E-state index is 0.200. The highest BCUT2D eigenvalue weighted by Gasteiger charge is 2.38. The highest BCUT2D eigenvalue weighted by atomic mass is 35.5. The second kappa shape index (κ2) is 7.20. The lowest BCUT2D eigenvalue weighted by Crippen LogP contribution is -2.43. The van der Waals surface area contributed by atoms with Crippen LogP contribution in [0.15, 0.2) is 18.2 Å². The van der Waals surface area contributed by atoms with Crippen LogP contribution in [0.1, 0.15) is 18.9 Å². The van der Waals surface area contributed by atoms with Crippen molar-refractivity contribution in [3.05, 3.63) is 34.6 Å². The molecule has 116 valence electrons. The Labute approximate surface area is 128 Å². The van der Waals surface area contributed by atoms with E-state index in [0.717, 1.165) is 6.42 Å². The summed E-state index contributed by atoms with van der Waals surface area (Å²) in [6.07, 6.45) is 0.842. The van der Waals surface area contributed by atoms with Crippen molar-refractivity contribution < 1.29 is 19.0 Å². The van der Waals surface area contributed by atoms with Crippen LogP contribution >= 0.6 is 11.6 Å². The lowest BCUT2D eigenvalue weighted by atomic mass is 10.0. The van der Waals surface area contributed by atoms with Gasteiger partial charge in [-0.25, -0.2) is 4.39 Å². The molecule has 6 heteroatoms. The first-order valence-corrected chi connectivity index (χ1v) is 7.39. The van der Waals surface area contributed by atoms with Crippen LogP contribution < -0.4 is 0 Å². The summed E-state index contributed by atoms with van der Waals surface area (Å²) in [4.78, 5) is 13.3. The van der Waals surface area contributed by atoms with Gasteiger partial charge < -0.3 is 9.84 Å². The van der Waals surface area contributed by atoms with E-state index in [2.05, 4.69) is 0 Å². The van der Waals surface area contributed by atoms with E-state index < -0.39 is 11.9 Å². The van der Waals surface area contributed by atoms with Crippen LogP contribution in [0.2, 0.25) is 5.02 Å². The Morgan fingerprint density at radius 1 is 1.52 bits per heavy atom. The highest BCUT2D eigenvalue weighted by molar-refractivity contribution is 6.31. The van der Waals surface area contributed by atoms with E-state index in [1.54, 1.807) is 12.1 Å². The van der Waals surface area contributed by atoms with Gasteiger partial charge in [-0.1, -0.05) is 24.6 Å². The molecule has 21 heavy (non-hydrogen) atoms. The molecular weight excluding hydrogens is 297 g/mol. The summed E-state index contributed by atoms with van der Waals surface area (Å²) < 4.78 is 19.2. The maximum absolute atomic E-state index is 13.9. The fourth-order valence-corrected chi connectivity index (χ4v) is 2.90. The molecule has 2 rings (SSSR count). The molecule has 1 saturated heterocycles. The van der Waals surface area contributed by atoms with Gasteiger partial charge in [0, 0.05) is 23.2 Å². The number of benzene rings is 1. The molecule has 0 amide bonds. The van der Waals surface area contributed by atoms with Gasteiger partial charge in [-0.15, -0.1) is 0 Å². The van der Waals surface area contributed by atoms with E-state index in [1.807, 2.05) is 11.8 Å². The zero-order chi connectivity index (χ0) is 15.4. The monoisotopic (exact) mass is 315 g/mol. The zero-order valence-electron chi connectivity index (χ0n) is 11.9. The average molecular weight is 316 g/mol. The van der Waals surface area contributed by atoms with Crippen molar-refractivity contribution >= 4 is 17.6 Å². The molecule has 1 fully saturated rings. The van der Waals surface area contributed by atoms with Crippen molar-refractivity contribution in [1.82, 2.24) is 4.90 Å². The summed E-state index contributed by atoms with van der Waals surface area (Å²) in [6.45, 7) is 3.51. The van der Waals surface area contributed by atoms with Crippen molar-refractivity contribution in [2.24, 2.45) is 5.92 Å². The minimum Gasteiger partial charge on any atom is -0.481 e. The molecule has 1 aromatic carbocycles. The molecule has 4 nitrogen and oxygen atoms in total. The number of carboxylic acids is 1. The zero-order valence-corrected chi connectivity index (χ0v) is 12.6. The molecule has 1 N–H and O–H groups in total. The van der Waals surface area contributed by atoms with E-state index in [1.165, 1.54) is 6.07 Å². The smallest absolute Gasteiger partial charge is 0.310 e. The van der Waals surface area contributed by atoms with Gasteiger partial charge in [0.1, 0.15) is 5.82 Å². The molecule has 0 bridgehead atoms. The molecule has 2 atom stereocenters. The molecular formula is C15H19ClFNO3. The second-order valence-electron chi connectivity index (χ2n) is 5.22. The number of carboxylic acid groups (broad SMARTS) is 1. The maximum atomic E-state index is 13.9. The quantitative estimate of drug-likeness (QED) is 0.877. The normalized spacial score (nSPS) is 21.9. The first kappa shape index (κ1) is 16.2. The number of halogens is 2. The Bertz CT molecular complexity index is 491. The Hall–Kier alpha value is -1.17. The Morgan fingerprint density at radius 2 is 2.29 bits per heavy atom. The molecule has 1 aliphatic rings. The van der Waals surface area contributed by atoms with E-state index in [4.69, 9.17) is 16.3 Å². The van der Waals surface area contributed by atoms with E-state index in [9.17, 15) is 14.3 Å². The fourth-order valence-electron chi connectivity index (χ4n) is 2.67. The number of hydrogen-bond donors (Lipinski definition) is 1. The van der Waals surface area contributed by atoms with Crippen molar-refractivity contribution in [2.75, 3.05) is 19.8 Å². The molecule has 0 spiro atoms. The summed E-state index contributed by atoms with van der Waals surface area (Å²) >= 11 is 6.07. The van der Waals surface area contributed by atoms with Gasteiger partial charge in [0.25, 0.3) is 0 Å². The van der Waals surface area contributed by atoms with Crippen LogP contribution in [0, 0.1) is 11.7 Å². The molecule has 2 unspecified atom stereocenters. The molecule has 1 heterocycles. The van der Waals surface area contributed by atoms with Gasteiger partial charge in [-0.2, -0.15) is 0 Å². The predicted molar refractivity (Wildman–Crippen MR) is 77.8 cm³/mol. The first-order valence-electron chi connectivity index (χ1n) is 7.02. The van der Waals surface area contributed by atoms with Crippen molar-refractivity contribution in [3.8, 4) is 0 Å². The summed E-state index contributed by atoms with van der Waals surface area (Å²) in [5.74, 6) is -1.82. The lowest BCUT2D eigenvalue weighted by molar-refractivity contribution is -0.143. The number of hydrogen-bond acceptors (Lipinski definition) is 3. The highest BCUT2D eigenvalue weighted by Crippen LogP contribution is 2.26. The topological polar surface area (TPSA) is 49.8 Å². The number of aliphatic carboxylic acids is 1. The molecule has 0 radical (unpaired) electrons. The lowest BCUT2D eigenvalue weighted by Gasteiger charge is -2.30. The molecule has 1 aromatic rings. The van der Waals surface area contributed by atoms with Crippen molar-refractivity contribution in [2.45, 2.75) is 25.9 Å². The Morgan fingerprint density at radius 3 is 2.90 bits per heavy atom. The first-order chi connectivity index (χ1) is 10.0. The van der Waals surface area contributed by atoms with Gasteiger partial charge in [0.15, 0.2) is 0 Å². The van der Waals surface area contributed by atoms with Gasteiger partial charge in [-0.3, -0.25) is 9.69 Å². The minimum atomic E-state index is -0.877. The van der Waals surface area contributed by atoms with Gasteiger partial charge in [-0.05, 0) is 25.1 Å². The van der Waals surface area contributed by atoms with Crippen LogP contribution in [0.3, 0.4) is 0 Å². The molecule has 0 aliphatic carbocycles. The Balaban J connectivity index is 2.21. The van der Waals surface area contributed by atoms with Gasteiger partial charge in [0.05, 0.1) is 19.1 Å². The van der Waals surface area contributed by atoms with E-state index in [-0.39, 0.29) is 25.0 Å². The third-order valence-electron chi connectivity index (χ3n) is 3.77. The largest absolute Gasteiger partial charge is 0.481 e. The van der Waals surface area contributed by atoms with Crippen LogP contribution in [0.4, 0.5) is 4.39 Å². The van der Waals surface area contributed by atoms with E-state index >= 15 is 0 Å². The molecule has 1 aliphatic heterocycles. The van der Waals surface area contributed by atoms with Crippen molar-refractivity contribution in [1.29, 1.82) is 0 Å². The Kier molecular flexibility index (Phi) is 5.56. The average Bonchev–Trinajstić information content (AvgIpc) is 2.91. The number of rotatable bonds is 6. The van der Waals surface area contributed by atoms with Crippen LogP contribution in [-0.4, -0.2) is 41.8 Å². The predicted octanol–water partition coefficient (Wildman–Crippen LogP) is 2.79. The van der Waals surface area contributed by atoms with Crippen LogP contribution in [0.5, 0.6) is 0 Å². The molecule has 0 aromatic heterocycles. The number of carbonyl (C=O) groups is 1. The summed E-state index contributed by atoms with van der Waals surface area (Å²) in [5, 5.41) is 9.63. The number of nitrogens with zero attached hydrogens (tertiary/aromatic N) is 1. The van der Waals surface area contributed by atoms with E-state index in [0.29, 0.717) is 23.7 Å². The number of ether oxygens (including phenoxy) is 1. The second-order valence-corrected chi connectivity index (χ2v) is 5.63. The van der Waals surface area contributed by atoms with Gasteiger partial charge >= 0.3 is 5.97 Å². The fraction of sp³-hybridized carbons (Fsp3) is 0.533. The maximum Gasteiger partial charge on any atom is 0.310 e. The van der Waals surface area contributed by atoms with Crippen molar-refractivity contribution in [3.63, 3.8) is 0 Å². The summed E-state index contributed by atoms with van der Waals surface area (Å²) in [7, 11) is 0. The third-order valence-corrected chi connectivity index (χ3v) is 4.12.